The summed E-state index contributed by atoms with van der Waals surface area (Å²) in [5, 5.41) is 0. The second kappa shape index (κ2) is 5.89. The lowest BCUT2D eigenvalue weighted by atomic mass is 9.97. The first kappa shape index (κ1) is 14.6. The first-order valence-corrected chi connectivity index (χ1v) is 6.46. The highest BCUT2D eigenvalue weighted by atomic mass is 16.2. The van der Waals surface area contributed by atoms with Crippen LogP contribution in [0.2, 0.25) is 0 Å². The molecular formula is C15H24N2O. The van der Waals surface area contributed by atoms with E-state index in [4.69, 9.17) is 5.73 Å². The fourth-order valence-electron chi connectivity index (χ4n) is 1.92. The van der Waals surface area contributed by atoms with Gasteiger partial charge in [0.1, 0.15) is 0 Å². The molecule has 2 atom stereocenters. The molecule has 0 fully saturated rings. The number of carbonyl (C=O) groups excluding carboxylic acids is 1. The molecule has 2 unspecified atom stereocenters. The van der Waals surface area contributed by atoms with Gasteiger partial charge in [0.15, 0.2) is 0 Å². The van der Waals surface area contributed by atoms with Crippen LogP contribution in [0.5, 0.6) is 0 Å². The Morgan fingerprint density at radius 1 is 1.22 bits per heavy atom. The molecule has 0 radical (unpaired) electrons. The van der Waals surface area contributed by atoms with Crippen LogP contribution in [0, 0.1) is 5.92 Å². The van der Waals surface area contributed by atoms with Crippen LogP contribution in [0.15, 0.2) is 24.3 Å². The molecule has 1 aromatic rings. The van der Waals surface area contributed by atoms with Crippen molar-refractivity contribution < 1.29 is 4.79 Å². The number of carbonyl (C=O) groups is 1. The van der Waals surface area contributed by atoms with Gasteiger partial charge in [-0.15, -0.1) is 0 Å². The zero-order chi connectivity index (χ0) is 13.9. The molecule has 1 amide bonds. The summed E-state index contributed by atoms with van der Waals surface area (Å²) in [5.74, 6) is 0.438. The Bertz CT molecular complexity index is 415. The summed E-state index contributed by atoms with van der Waals surface area (Å²) in [6.07, 6.45) is 0. The lowest BCUT2D eigenvalue weighted by Gasteiger charge is -2.30. The average molecular weight is 248 g/mol. The molecule has 3 heteroatoms. The summed E-state index contributed by atoms with van der Waals surface area (Å²) >= 11 is 0. The molecule has 3 nitrogen and oxygen atoms in total. The fraction of sp³-hybridized carbons (Fsp3) is 0.533. The predicted octanol–water partition coefficient (Wildman–Crippen LogP) is 2.88. The Hall–Kier alpha value is -1.51. The lowest BCUT2D eigenvalue weighted by molar-refractivity contribution is -0.133. The van der Waals surface area contributed by atoms with Gasteiger partial charge in [-0.2, -0.15) is 0 Å². The van der Waals surface area contributed by atoms with E-state index in [-0.39, 0.29) is 17.9 Å². The third-order valence-corrected chi connectivity index (χ3v) is 3.70. The third-order valence-electron chi connectivity index (χ3n) is 3.70. The van der Waals surface area contributed by atoms with Crippen molar-refractivity contribution in [2.45, 2.75) is 39.7 Å². The van der Waals surface area contributed by atoms with Crippen LogP contribution in [0.1, 0.15) is 39.2 Å². The van der Waals surface area contributed by atoms with Gasteiger partial charge >= 0.3 is 0 Å². The van der Waals surface area contributed by atoms with Gasteiger partial charge in [0.25, 0.3) is 0 Å². The number of rotatable bonds is 4. The number of anilines is 1. The number of likely N-dealkylation sites (N-methyl/N-ethyl adjacent to an activating group) is 1. The van der Waals surface area contributed by atoms with Crippen molar-refractivity contribution in [3.8, 4) is 0 Å². The van der Waals surface area contributed by atoms with Crippen LogP contribution in [0.25, 0.3) is 0 Å². The van der Waals surface area contributed by atoms with Gasteiger partial charge in [-0.25, -0.2) is 0 Å². The molecule has 0 aromatic heterocycles. The molecule has 0 aliphatic carbocycles. The van der Waals surface area contributed by atoms with Gasteiger partial charge < -0.3 is 10.6 Å². The topological polar surface area (TPSA) is 46.3 Å². The molecule has 0 spiro atoms. The van der Waals surface area contributed by atoms with Crippen molar-refractivity contribution in [3.63, 3.8) is 0 Å². The minimum atomic E-state index is -0.153. The zero-order valence-electron chi connectivity index (χ0n) is 12.0. The summed E-state index contributed by atoms with van der Waals surface area (Å²) in [6, 6.07) is 7.78. The Morgan fingerprint density at radius 3 is 2.33 bits per heavy atom. The molecule has 18 heavy (non-hydrogen) atoms. The highest BCUT2D eigenvalue weighted by molar-refractivity contribution is 5.83. The van der Waals surface area contributed by atoms with E-state index in [0.29, 0.717) is 11.6 Å². The maximum Gasteiger partial charge on any atom is 0.229 e. The van der Waals surface area contributed by atoms with E-state index in [2.05, 4.69) is 20.8 Å². The molecule has 0 bridgehead atoms. The highest BCUT2D eigenvalue weighted by Gasteiger charge is 2.24. The number of amides is 1. The number of nitrogen functional groups attached to an aromatic ring is 1. The van der Waals surface area contributed by atoms with Crippen molar-refractivity contribution in [2.75, 3.05) is 12.8 Å². The Labute approximate surface area is 110 Å². The maximum atomic E-state index is 12.4. The van der Waals surface area contributed by atoms with Crippen molar-refractivity contribution in [1.29, 1.82) is 0 Å². The zero-order valence-corrected chi connectivity index (χ0v) is 12.0. The standard InChI is InChI=1S/C15H24N2O/c1-10(2)12(4)17(5)15(18)11(3)13-7-6-8-14(16)9-13/h6-12H,16H2,1-5H3. The quantitative estimate of drug-likeness (QED) is 0.833. The minimum absolute atomic E-state index is 0.141. The van der Waals surface area contributed by atoms with Gasteiger partial charge in [-0.05, 0) is 37.5 Å². The van der Waals surface area contributed by atoms with E-state index in [1.807, 2.05) is 43.1 Å². The van der Waals surface area contributed by atoms with Gasteiger partial charge in [-0.3, -0.25) is 4.79 Å². The summed E-state index contributed by atoms with van der Waals surface area (Å²) < 4.78 is 0. The predicted molar refractivity (Wildman–Crippen MR) is 76.3 cm³/mol. The number of hydrogen-bond acceptors (Lipinski definition) is 2. The number of benzene rings is 1. The molecule has 1 aromatic carbocycles. The lowest BCUT2D eigenvalue weighted by Crippen LogP contribution is -2.40. The first-order chi connectivity index (χ1) is 8.34. The molecule has 0 aliphatic heterocycles. The second-order valence-corrected chi connectivity index (χ2v) is 5.33. The monoisotopic (exact) mass is 248 g/mol. The molecule has 0 saturated heterocycles. The van der Waals surface area contributed by atoms with Crippen molar-refractivity contribution in [3.05, 3.63) is 29.8 Å². The molecule has 1 rings (SSSR count). The van der Waals surface area contributed by atoms with Gasteiger partial charge in [0.05, 0.1) is 5.92 Å². The largest absolute Gasteiger partial charge is 0.399 e. The van der Waals surface area contributed by atoms with Crippen molar-refractivity contribution >= 4 is 11.6 Å². The molecule has 100 valence electrons. The Balaban J connectivity index is 2.84. The van der Waals surface area contributed by atoms with Crippen LogP contribution in [-0.4, -0.2) is 23.9 Å². The summed E-state index contributed by atoms with van der Waals surface area (Å²) in [5.41, 5.74) is 7.43. The van der Waals surface area contributed by atoms with E-state index in [0.717, 1.165) is 5.56 Å². The molecule has 0 heterocycles. The van der Waals surface area contributed by atoms with Crippen LogP contribution >= 0.6 is 0 Å². The summed E-state index contributed by atoms with van der Waals surface area (Å²) in [6.45, 7) is 8.26. The van der Waals surface area contributed by atoms with E-state index >= 15 is 0 Å². The number of hydrogen-bond donors (Lipinski definition) is 1. The Morgan fingerprint density at radius 2 is 1.83 bits per heavy atom. The van der Waals surface area contributed by atoms with E-state index in [1.54, 1.807) is 0 Å². The van der Waals surface area contributed by atoms with E-state index in [9.17, 15) is 4.79 Å². The minimum Gasteiger partial charge on any atom is -0.399 e. The van der Waals surface area contributed by atoms with E-state index < -0.39 is 0 Å². The molecule has 0 saturated carbocycles. The van der Waals surface area contributed by atoms with Crippen molar-refractivity contribution in [1.82, 2.24) is 4.90 Å². The van der Waals surface area contributed by atoms with Crippen LogP contribution in [0.4, 0.5) is 5.69 Å². The number of nitrogens with zero attached hydrogens (tertiary/aromatic N) is 1. The molecule has 2 N–H and O–H groups in total. The molecule has 0 aliphatic rings. The van der Waals surface area contributed by atoms with Crippen LogP contribution in [0.3, 0.4) is 0 Å². The summed E-state index contributed by atoms with van der Waals surface area (Å²) in [4.78, 5) is 14.2. The molecular weight excluding hydrogens is 224 g/mol. The Kier molecular flexibility index (Phi) is 4.76. The number of nitrogens with two attached hydrogens (primary N) is 1. The highest BCUT2D eigenvalue weighted by Crippen LogP contribution is 2.21. The van der Waals surface area contributed by atoms with E-state index in [1.165, 1.54) is 0 Å². The van der Waals surface area contributed by atoms with Gasteiger partial charge in [0, 0.05) is 18.8 Å². The van der Waals surface area contributed by atoms with Crippen LogP contribution in [-0.2, 0) is 4.79 Å². The first-order valence-electron chi connectivity index (χ1n) is 6.46. The normalized spacial score (nSPS) is 14.3. The van der Waals surface area contributed by atoms with Crippen LogP contribution < -0.4 is 5.73 Å². The summed E-state index contributed by atoms with van der Waals surface area (Å²) in [7, 11) is 1.87. The third kappa shape index (κ3) is 3.25. The maximum absolute atomic E-state index is 12.4. The smallest absolute Gasteiger partial charge is 0.229 e. The average Bonchev–Trinajstić information content (AvgIpc) is 2.35. The van der Waals surface area contributed by atoms with Gasteiger partial charge in [-0.1, -0.05) is 26.0 Å². The van der Waals surface area contributed by atoms with Gasteiger partial charge in [0.2, 0.25) is 5.91 Å². The van der Waals surface area contributed by atoms with Crippen molar-refractivity contribution in [2.24, 2.45) is 5.92 Å². The SMILES string of the molecule is CC(C(=O)N(C)C(C)C(C)C)c1cccc(N)c1. The second-order valence-electron chi connectivity index (χ2n) is 5.33. The fourth-order valence-corrected chi connectivity index (χ4v) is 1.92.